The van der Waals surface area contributed by atoms with Gasteiger partial charge in [-0.3, -0.25) is 4.79 Å². The Kier molecular flexibility index (Phi) is 7.71. The van der Waals surface area contributed by atoms with Gasteiger partial charge >= 0.3 is 6.09 Å². The average Bonchev–Trinajstić information content (AvgIpc) is 3.35. The van der Waals surface area contributed by atoms with Crippen LogP contribution < -0.4 is 15.1 Å². The summed E-state index contributed by atoms with van der Waals surface area (Å²) in [7, 11) is 1.83. The van der Waals surface area contributed by atoms with Crippen molar-refractivity contribution in [3.63, 3.8) is 0 Å². The van der Waals surface area contributed by atoms with Crippen molar-refractivity contribution in [2.45, 2.75) is 96.7 Å². The highest BCUT2D eigenvalue weighted by Crippen LogP contribution is 2.39. The summed E-state index contributed by atoms with van der Waals surface area (Å²) in [6, 6.07) is 0.211. The molecule has 0 radical (unpaired) electrons. The van der Waals surface area contributed by atoms with Gasteiger partial charge in [-0.05, 0) is 65.2 Å². The second-order valence-electron chi connectivity index (χ2n) is 11.2. The number of hydrogen-bond acceptors (Lipinski definition) is 7. The molecule has 2 aliphatic heterocycles. The zero-order valence-corrected chi connectivity index (χ0v) is 22.0. The monoisotopic (exact) mass is 486 g/mol. The lowest BCUT2D eigenvalue weighted by Crippen LogP contribution is -2.55. The van der Waals surface area contributed by atoms with Crippen molar-refractivity contribution in [3.8, 4) is 0 Å². The molecule has 1 unspecified atom stereocenters. The highest BCUT2D eigenvalue weighted by atomic mass is 16.6. The van der Waals surface area contributed by atoms with Crippen molar-refractivity contribution < 1.29 is 14.3 Å². The van der Waals surface area contributed by atoms with Crippen LogP contribution >= 0.6 is 0 Å². The summed E-state index contributed by atoms with van der Waals surface area (Å²) in [4.78, 5) is 40.6. The third-order valence-corrected chi connectivity index (χ3v) is 7.51. The van der Waals surface area contributed by atoms with E-state index in [2.05, 4.69) is 22.1 Å². The zero-order chi connectivity index (χ0) is 25.2. The number of anilines is 3. The van der Waals surface area contributed by atoms with E-state index in [1.165, 1.54) is 12.8 Å². The summed E-state index contributed by atoms with van der Waals surface area (Å²) in [5.74, 6) is 2.19. The van der Waals surface area contributed by atoms with Gasteiger partial charge in [0.05, 0.1) is 6.20 Å². The minimum atomic E-state index is -0.459. The van der Waals surface area contributed by atoms with Gasteiger partial charge in [-0.15, -0.1) is 0 Å². The fraction of sp³-hybridized carbons (Fsp3) is 0.769. The van der Waals surface area contributed by atoms with Crippen LogP contribution in [0.25, 0.3) is 0 Å². The fourth-order valence-corrected chi connectivity index (χ4v) is 5.59. The first kappa shape index (κ1) is 25.5. The van der Waals surface area contributed by atoms with E-state index in [1.54, 1.807) is 11.1 Å². The molecule has 1 aliphatic carbocycles. The summed E-state index contributed by atoms with van der Waals surface area (Å²) in [5.41, 5.74) is 0.339. The number of hydrogen-bond donors (Lipinski definition) is 1. The molecule has 194 valence electrons. The number of nitrogens with zero attached hydrogens (tertiary/aromatic N) is 5. The van der Waals surface area contributed by atoms with Gasteiger partial charge in [0.15, 0.2) is 5.82 Å². The zero-order valence-electron chi connectivity index (χ0n) is 22.0. The molecule has 0 bridgehead atoms. The second-order valence-corrected chi connectivity index (χ2v) is 11.2. The van der Waals surface area contributed by atoms with Crippen molar-refractivity contribution in [2.24, 2.45) is 5.92 Å². The van der Waals surface area contributed by atoms with Crippen LogP contribution in [0.1, 0.15) is 79.1 Å². The molecular formula is C26H42N6O3. The Morgan fingerprint density at radius 3 is 2.49 bits per heavy atom. The first-order valence-corrected chi connectivity index (χ1v) is 13.3. The van der Waals surface area contributed by atoms with Gasteiger partial charge in [0, 0.05) is 32.7 Å². The molecule has 3 aliphatic rings. The molecule has 9 nitrogen and oxygen atoms in total. The molecule has 2 amide bonds. The Balaban J connectivity index is 1.35. The molecule has 1 N–H and O–H groups in total. The van der Waals surface area contributed by atoms with Crippen LogP contribution in [0.3, 0.4) is 0 Å². The van der Waals surface area contributed by atoms with Crippen LogP contribution in [-0.4, -0.2) is 71.2 Å². The molecule has 0 aromatic carbocycles. The van der Waals surface area contributed by atoms with E-state index < -0.39 is 5.60 Å². The molecule has 1 saturated carbocycles. The average molecular weight is 487 g/mol. The van der Waals surface area contributed by atoms with Gasteiger partial charge in [-0.2, -0.15) is 4.98 Å². The van der Waals surface area contributed by atoms with Crippen LogP contribution in [0, 0.1) is 5.92 Å². The Hall–Kier alpha value is -2.58. The van der Waals surface area contributed by atoms with Crippen LogP contribution in [0.2, 0.25) is 0 Å². The number of likely N-dealkylation sites (N-methyl/N-ethyl adjacent to an activating group) is 1. The first-order chi connectivity index (χ1) is 16.7. The minimum Gasteiger partial charge on any atom is -0.444 e. The number of aromatic nitrogens is 2. The summed E-state index contributed by atoms with van der Waals surface area (Å²) in [6.45, 7) is 10.0. The normalized spacial score (nSPS) is 21.9. The molecule has 1 aromatic rings. The summed E-state index contributed by atoms with van der Waals surface area (Å²) in [5, 5.41) is 3.42. The summed E-state index contributed by atoms with van der Waals surface area (Å²) < 4.78 is 5.50. The maximum atomic E-state index is 13.0. The number of piperidine rings is 1. The van der Waals surface area contributed by atoms with Crippen molar-refractivity contribution in [1.82, 2.24) is 14.9 Å². The molecule has 2 fully saturated rings. The molecule has 3 heterocycles. The predicted octanol–water partition coefficient (Wildman–Crippen LogP) is 4.43. The lowest BCUT2D eigenvalue weighted by atomic mass is 9.94. The van der Waals surface area contributed by atoms with E-state index >= 15 is 0 Å². The van der Waals surface area contributed by atoms with E-state index in [1.807, 2.05) is 32.7 Å². The maximum absolute atomic E-state index is 13.0. The van der Waals surface area contributed by atoms with Crippen LogP contribution in [-0.2, 0) is 9.53 Å². The van der Waals surface area contributed by atoms with Crippen LogP contribution in [0.15, 0.2) is 6.20 Å². The summed E-state index contributed by atoms with van der Waals surface area (Å²) >= 11 is 0. The Morgan fingerprint density at radius 1 is 1.17 bits per heavy atom. The van der Waals surface area contributed by atoms with Crippen molar-refractivity contribution >= 4 is 29.5 Å². The van der Waals surface area contributed by atoms with Crippen LogP contribution in [0.4, 0.5) is 22.2 Å². The number of fused-ring (bicyclic) bond motifs is 1. The molecule has 1 aromatic heterocycles. The van der Waals surface area contributed by atoms with E-state index in [-0.39, 0.29) is 18.0 Å². The highest BCUT2D eigenvalue weighted by Gasteiger charge is 2.41. The highest BCUT2D eigenvalue weighted by molar-refractivity contribution is 6.04. The Labute approximate surface area is 209 Å². The van der Waals surface area contributed by atoms with Gasteiger partial charge in [0.1, 0.15) is 17.3 Å². The molecule has 4 rings (SSSR count). The van der Waals surface area contributed by atoms with E-state index in [0.29, 0.717) is 17.9 Å². The van der Waals surface area contributed by atoms with Gasteiger partial charge in [0.2, 0.25) is 11.9 Å². The quantitative estimate of drug-likeness (QED) is 0.636. The molecule has 1 atom stereocenters. The molecule has 35 heavy (non-hydrogen) atoms. The number of ether oxygens (including phenoxy) is 1. The molecule has 1 saturated heterocycles. The lowest BCUT2D eigenvalue weighted by Gasteiger charge is -2.43. The predicted molar refractivity (Wildman–Crippen MR) is 138 cm³/mol. The topological polar surface area (TPSA) is 90.9 Å². The number of nitrogens with one attached hydrogen (secondary N) is 1. The van der Waals surface area contributed by atoms with Crippen molar-refractivity contribution in [3.05, 3.63) is 6.20 Å². The Bertz CT molecular complexity index is 903. The standard InChI is InChI=1S/C26H42N6O3/c1-6-20-23(33)30(5)21-17-28-24(29-22(21)32(20)19-9-7-8-10-19)27-14-11-18-12-15-31(16-13-18)25(34)35-26(2,3)4/h17-20H,6-16H2,1-5H3,(H,27,28,29). The van der Waals surface area contributed by atoms with E-state index in [4.69, 9.17) is 9.72 Å². The number of likely N-dealkylation sites (tertiary alicyclic amines) is 1. The van der Waals surface area contributed by atoms with E-state index in [0.717, 1.165) is 69.7 Å². The SMILES string of the molecule is CCC1C(=O)N(C)c2cnc(NCCC3CCN(C(=O)OC(C)(C)C)CC3)nc2N1C1CCCC1. The smallest absolute Gasteiger partial charge is 0.410 e. The number of carbonyl (C=O) groups is 2. The third kappa shape index (κ3) is 5.81. The molecular weight excluding hydrogens is 444 g/mol. The van der Waals surface area contributed by atoms with Gasteiger partial charge in [-0.25, -0.2) is 9.78 Å². The molecule has 0 spiro atoms. The number of amides is 2. The maximum Gasteiger partial charge on any atom is 0.410 e. The third-order valence-electron chi connectivity index (χ3n) is 7.51. The minimum absolute atomic E-state index is 0.133. The number of carbonyl (C=O) groups excluding carboxylic acids is 2. The second kappa shape index (κ2) is 10.6. The van der Waals surface area contributed by atoms with Crippen molar-refractivity contribution in [1.29, 1.82) is 0 Å². The van der Waals surface area contributed by atoms with Crippen LogP contribution in [0.5, 0.6) is 0 Å². The fourth-order valence-electron chi connectivity index (χ4n) is 5.59. The number of rotatable bonds is 6. The van der Waals surface area contributed by atoms with Crippen molar-refractivity contribution in [2.75, 3.05) is 41.8 Å². The lowest BCUT2D eigenvalue weighted by molar-refractivity contribution is -0.120. The van der Waals surface area contributed by atoms with Gasteiger partial charge in [0.25, 0.3) is 0 Å². The first-order valence-electron chi connectivity index (χ1n) is 13.3. The van der Waals surface area contributed by atoms with Gasteiger partial charge in [-0.1, -0.05) is 19.8 Å². The van der Waals surface area contributed by atoms with Gasteiger partial charge < -0.3 is 24.8 Å². The summed E-state index contributed by atoms with van der Waals surface area (Å²) in [6.07, 6.45) is 9.95. The van der Waals surface area contributed by atoms with E-state index in [9.17, 15) is 9.59 Å². The molecule has 9 heteroatoms. The largest absolute Gasteiger partial charge is 0.444 e. The Morgan fingerprint density at radius 2 is 1.86 bits per heavy atom.